The molecular weight excluding hydrogens is 321 g/mol. The number of carbonyl (C=O) groups is 2. The van der Waals surface area contributed by atoms with Crippen molar-refractivity contribution in [2.24, 2.45) is 0 Å². The van der Waals surface area contributed by atoms with E-state index in [1.54, 1.807) is 6.92 Å². The Morgan fingerprint density at radius 3 is 2.48 bits per heavy atom. The number of methoxy groups -OCH3 is 1. The summed E-state index contributed by atoms with van der Waals surface area (Å²) < 4.78 is 22.8. The minimum atomic E-state index is -0.499. The highest BCUT2D eigenvalue weighted by atomic mass is 32.1. The van der Waals surface area contributed by atoms with Crippen molar-refractivity contribution in [2.75, 3.05) is 19.0 Å². The Hall–Kier alpha value is -2.41. The fourth-order valence-corrected chi connectivity index (χ4v) is 2.97. The van der Waals surface area contributed by atoms with E-state index in [9.17, 15) is 14.0 Å². The van der Waals surface area contributed by atoms with Crippen LogP contribution in [0, 0.1) is 19.7 Å². The first-order valence-electron chi connectivity index (χ1n) is 6.79. The molecule has 0 fully saturated rings. The van der Waals surface area contributed by atoms with Crippen molar-refractivity contribution in [1.82, 2.24) is 0 Å². The monoisotopic (exact) mass is 337 g/mol. The van der Waals surface area contributed by atoms with Crippen LogP contribution in [0.25, 0.3) is 0 Å². The number of nitrogens with one attached hydrogen (secondary N) is 1. The number of ether oxygens (including phenoxy) is 2. The average Bonchev–Trinajstić information content (AvgIpc) is 2.80. The zero-order valence-electron chi connectivity index (χ0n) is 12.9. The predicted octanol–water partition coefficient (Wildman–Crippen LogP) is 3.31. The summed E-state index contributed by atoms with van der Waals surface area (Å²) in [5.74, 6) is -0.912. The van der Waals surface area contributed by atoms with Crippen LogP contribution >= 0.6 is 11.3 Å². The smallest absolute Gasteiger partial charge is 0.341 e. The van der Waals surface area contributed by atoms with E-state index in [0.29, 0.717) is 16.3 Å². The second kappa shape index (κ2) is 7.23. The van der Waals surface area contributed by atoms with Crippen molar-refractivity contribution in [3.8, 4) is 5.75 Å². The Morgan fingerprint density at radius 2 is 1.87 bits per heavy atom. The SMILES string of the molecule is COC(=O)c1c(NC(=O)COc2ccc(F)cc2)sc(C)c1C. The van der Waals surface area contributed by atoms with E-state index < -0.39 is 11.9 Å². The molecule has 0 saturated carbocycles. The van der Waals surface area contributed by atoms with Gasteiger partial charge in [0, 0.05) is 4.88 Å². The Morgan fingerprint density at radius 1 is 1.22 bits per heavy atom. The van der Waals surface area contributed by atoms with Gasteiger partial charge in [-0.2, -0.15) is 0 Å². The molecule has 1 aromatic heterocycles. The van der Waals surface area contributed by atoms with E-state index in [0.717, 1.165) is 10.4 Å². The lowest BCUT2D eigenvalue weighted by molar-refractivity contribution is -0.118. The van der Waals surface area contributed by atoms with Gasteiger partial charge in [-0.1, -0.05) is 0 Å². The van der Waals surface area contributed by atoms with Crippen LogP contribution in [0.4, 0.5) is 9.39 Å². The van der Waals surface area contributed by atoms with E-state index in [-0.39, 0.29) is 12.4 Å². The van der Waals surface area contributed by atoms with Crippen LogP contribution in [0.1, 0.15) is 20.8 Å². The predicted molar refractivity (Wildman–Crippen MR) is 85.7 cm³/mol. The van der Waals surface area contributed by atoms with Crippen LogP contribution in [0.3, 0.4) is 0 Å². The lowest BCUT2D eigenvalue weighted by atomic mass is 10.1. The third-order valence-electron chi connectivity index (χ3n) is 3.21. The number of halogens is 1. The van der Waals surface area contributed by atoms with E-state index in [4.69, 9.17) is 9.47 Å². The molecule has 1 heterocycles. The van der Waals surface area contributed by atoms with E-state index in [1.807, 2.05) is 6.92 Å². The summed E-state index contributed by atoms with van der Waals surface area (Å²) in [6.07, 6.45) is 0. The number of hydrogen-bond acceptors (Lipinski definition) is 5. The first-order valence-corrected chi connectivity index (χ1v) is 7.60. The zero-order valence-corrected chi connectivity index (χ0v) is 13.8. The number of amides is 1. The van der Waals surface area contributed by atoms with Crippen molar-refractivity contribution in [3.05, 3.63) is 46.1 Å². The molecule has 0 aliphatic rings. The number of benzene rings is 1. The third kappa shape index (κ3) is 4.07. The highest BCUT2D eigenvalue weighted by Gasteiger charge is 2.21. The number of hydrogen-bond donors (Lipinski definition) is 1. The molecule has 2 aromatic rings. The van der Waals surface area contributed by atoms with Crippen LogP contribution in [0.2, 0.25) is 0 Å². The lowest BCUT2D eigenvalue weighted by Gasteiger charge is -2.08. The minimum Gasteiger partial charge on any atom is -0.484 e. The number of aryl methyl sites for hydroxylation is 1. The molecule has 1 N–H and O–H groups in total. The summed E-state index contributed by atoms with van der Waals surface area (Å²) in [5, 5.41) is 3.08. The van der Waals surface area contributed by atoms with Crippen LogP contribution in [0.15, 0.2) is 24.3 Å². The molecule has 0 bridgehead atoms. The van der Waals surface area contributed by atoms with Gasteiger partial charge in [0.15, 0.2) is 6.61 Å². The molecule has 23 heavy (non-hydrogen) atoms. The second-order valence-corrected chi connectivity index (χ2v) is 5.99. The van der Waals surface area contributed by atoms with Gasteiger partial charge in [0.05, 0.1) is 12.7 Å². The van der Waals surface area contributed by atoms with Crippen molar-refractivity contribution < 1.29 is 23.5 Å². The molecule has 5 nitrogen and oxygen atoms in total. The van der Waals surface area contributed by atoms with Gasteiger partial charge >= 0.3 is 5.97 Å². The zero-order chi connectivity index (χ0) is 17.0. The minimum absolute atomic E-state index is 0.248. The van der Waals surface area contributed by atoms with Gasteiger partial charge in [-0.15, -0.1) is 11.3 Å². The highest BCUT2D eigenvalue weighted by Crippen LogP contribution is 2.32. The molecule has 0 aliphatic carbocycles. The highest BCUT2D eigenvalue weighted by molar-refractivity contribution is 7.16. The normalized spacial score (nSPS) is 10.3. The summed E-state index contributed by atoms with van der Waals surface area (Å²) in [7, 11) is 1.29. The van der Waals surface area contributed by atoms with Crippen molar-refractivity contribution >= 4 is 28.2 Å². The maximum Gasteiger partial charge on any atom is 0.341 e. The molecule has 1 amide bonds. The fraction of sp³-hybridized carbons (Fsp3) is 0.250. The van der Waals surface area contributed by atoms with Gasteiger partial charge in [-0.3, -0.25) is 4.79 Å². The van der Waals surface area contributed by atoms with Gasteiger partial charge in [0.2, 0.25) is 0 Å². The van der Waals surface area contributed by atoms with Gasteiger partial charge in [0.1, 0.15) is 16.6 Å². The van der Waals surface area contributed by atoms with Crippen LogP contribution < -0.4 is 10.1 Å². The molecule has 7 heteroatoms. The topological polar surface area (TPSA) is 64.6 Å². The van der Waals surface area contributed by atoms with Crippen LogP contribution in [-0.2, 0) is 9.53 Å². The van der Waals surface area contributed by atoms with Gasteiger partial charge < -0.3 is 14.8 Å². The summed E-state index contributed by atoms with van der Waals surface area (Å²) in [6.45, 7) is 3.40. The maximum absolute atomic E-state index is 12.8. The molecule has 1 aromatic carbocycles. The Labute approximate surface area is 137 Å². The van der Waals surface area contributed by atoms with Crippen molar-refractivity contribution in [1.29, 1.82) is 0 Å². The second-order valence-electron chi connectivity index (χ2n) is 4.77. The molecular formula is C16H16FNO4S. The first-order chi connectivity index (χ1) is 10.9. The molecule has 0 atom stereocenters. The molecule has 0 aliphatic heterocycles. The average molecular weight is 337 g/mol. The Bertz CT molecular complexity index is 724. The third-order valence-corrected chi connectivity index (χ3v) is 4.33. The maximum atomic E-state index is 12.8. The van der Waals surface area contributed by atoms with Crippen LogP contribution in [0.5, 0.6) is 5.75 Å². The fourth-order valence-electron chi connectivity index (χ4n) is 1.91. The van der Waals surface area contributed by atoms with Gasteiger partial charge in [-0.05, 0) is 43.7 Å². The van der Waals surface area contributed by atoms with Gasteiger partial charge in [0.25, 0.3) is 5.91 Å². The number of thiophene rings is 1. The summed E-state index contributed by atoms with van der Waals surface area (Å²) >= 11 is 1.30. The number of esters is 1. The largest absolute Gasteiger partial charge is 0.484 e. The first kappa shape index (κ1) is 17.0. The molecule has 0 radical (unpaired) electrons. The van der Waals surface area contributed by atoms with Crippen LogP contribution in [-0.4, -0.2) is 25.6 Å². The number of rotatable bonds is 5. The lowest BCUT2D eigenvalue weighted by Crippen LogP contribution is -2.21. The molecule has 0 saturated heterocycles. The van der Waals surface area contributed by atoms with E-state index in [1.165, 1.54) is 42.7 Å². The molecule has 0 spiro atoms. The Balaban J connectivity index is 2.04. The summed E-state index contributed by atoms with van der Waals surface area (Å²) in [6, 6.07) is 5.35. The van der Waals surface area contributed by atoms with Gasteiger partial charge in [-0.25, -0.2) is 9.18 Å². The summed E-state index contributed by atoms with van der Waals surface area (Å²) in [4.78, 5) is 24.7. The molecule has 122 valence electrons. The van der Waals surface area contributed by atoms with Crippen molar-refractivity contribution in [3.63, 3.8) is 0 Å². The quantitative estimate of drug-likeness (QED) is 0.850. The molecule has 0 unspecified atom stereocenters. The Kier molecular flexibility index (Phi) is 5.33. The van der Waals surface area contributed by atoms with E-state index >= 15 is 0 Å². The number of anilines is 1. The van der Waals surface area contributed by atoms with Crippen molar-refractivity contribution in [2.45, 2.75) is 13.8 Å². The standard InChI is InChI=1S/C16H16FNO4S/c1-9-10(2)23-15(14(9)16(20)21-3)18-13(19)8-22-12-6-4-11(17)5-7-12/h4-7H,8H2,1-3H3,(H,18,19). The number of carbonyl (C=O) groups excluding carboxylic acids is 2. The molecule has 2 rings (SSSR count). The van der Waals surface area contributed by atoms with E-state index in [2.05, 4.69) is 5.32 Å². The summed E-state index contributed by atoms with van der Waals surface area (Å²) in [5.41, 5.74) is 1.13.